The smallest absolute Gasteiger partial charge is 0.469 e. The molecule has 184 valence electrons. The summed E-state index contributed by atoms with van der Waals surface area (Å²) in [5, 5.41) is 43.7. The van der Waals surface area contributed by atoms with E-state index in [-0.39, 0.29) is 40.8 Å². The van der Waals surface area contributed by atoms with Gasteiger partial charge in [-0.1, -0.05) is 0 Å². The Balaban J connectivity index is 1.56. The SMILES string of the molecule is COc1cc(O)cc(CNc2ncnc3c2ncn3[C@@H]2O[C@H](COP(=O)(O)O)[C@@H](O)[C@H]2O)c1O. The van der Waals surface area contributed by atoms with E-state index in [4.69, 9.17) is 19.3 Å². The number of anilines is 1. The number of aliphatic hydroxyl groups excluding tert-OH is 2. The maximum atomic E-state index is 10.9. The van der Waals surface area contributed by atoms with Crippen LogP contribution in [-0.2, 0) is 20.4 Å². The topological polar surface area (TPSA) is 222 Å². The summed E-state index contributed by atoms with van der Waals surface area (Å²) in [6, 6.07) is 2.62. The zero-order valence-corrected chi connectivity index (χ0v) is 18.5. The van der Waals surface area contributed by atoms with Gasteiger partial charge in [0.2, 0.25) is 0 Å². The van der Waals surface area contributed by atoms with Crippen molar-refractivity contribution in [1.29, 1.82) is 0 Å². The van der Waals surface area contributed by atoms with E-state index in [1.54, 1.807) is 0 Å². The van der Waals surface area contributed by atoms with Gasteiger partial charge in [-0.05, 0) is 6.07 Å². The third-order valence-corrected chi connectivity index (χ3v) is 5.67. The first-order chi connectivity index (χ1) is 16.1. The van der Waals surface area contributed by atoms with Gasteiger partial charge in [0, 0.05) is 18.2 Å². The number of nitrogens with zero attached hydrogens (tertiary/aromatic N) is 4. The van der Waals surface area contributed by atoms with Gasteiger partial charge in [0.1, 0.15) is 30.4 Å². The van der Waals surface area contributed by atoms with Crippen LogP contribution in [0.5, 0.6) is 17.2 Å². The van der Waals surface area contributed by atoms with E-state index in [0.29, 0.717) is 5.56 Å². The van der Waals surface area contributed by atoms with Crippen molar-refractivity contribution in [3.63, 3.8) is 0 Å². The zero-order valence-electron chi connectivity index (χ0n) is 17.6. The molecule has 1 aliphatic rings. The molecule has 3 heterocycles. The summed E-state index contributed by atoms with van der Waals surface area (Å²) in [7, 11) is -3.44. The van der Waals surface area contributed by atoms with Gasteiger partial charge in [-0.15, -0.1) is 0 Å². The number of aromatic nitrogens is 4. The summed E-state index contributed by atoms with van der Waals surface area (Å²) in [6.07, 6.45) is -2.83. The van der Waals surface area contributed by atoms with Crippen molar-refractivity contribution >= 4 is 24.8 Å². The van der Waals surface area contributed by atoms with Crippen molar-refractivity contribution in [2.45, 2.75) is 31.1 Å². The fraction of sp³-hybridized carbons (Fsp3) is 0.389. The molecule has 34 heavy (non-hydrogen) atoms. The fourth-order valence-corrected chi connectivity index (χ4v) is 3.89. The van der Waals surface area contributed by atoms with Crippen molar-refractivity contribution in [2.24, 2.45) is 0 Å². The number of ether oxygens (including phenoxy) is 2. The lowest BCUT2D eigenvalue weighted by molar-refractivity contribution is -0.0504. The molecule has 0 radical (unpaired) electrons. The van der Waals surface area contributed by atoms with Gasteiger partial charge in [-0.2, -0.15) is 0 Å². The highest BCUT2D eigenvalue weighted by Gasteiger charge is 2.45. The number of nitrogens with one attached hydrogen (secondary N) is 1. The molecule has 0 aliphatic carbocycles. The Kier molecular flexibility index (Phi) is 6.60. The Hall–Kier alpha value is -3.04. The molecule has 4 rings (SSSR count). The van der Waals surface area contributed by atoms with E-state index in [9.17, 15) is 25.0 Å². The lowest BCUT2D eigenvalue weighted by Gasteiger charge is -2.16. The third-order valence-electron chi connectivity index (χ3n) is 5.18. The molecule has 16 heteroatoms. The van der Waals surface area contributed by atoms with E-state index in [1.807, 2.05) is 0 Å². The van der Waals surface area contributed by atoms with Gasteiger partial charge in [0.15, 0.2) is 34.7 Å². The average Bonchev–Trinajstić information content (AvgIpc) is 3.33. The average molecular weight is 499 g/mol. The summed E-state index contributed by atoms with van der Waals surface area (Å²) >= 11 is 0. The Morgan fingerprint density at radius 2 is 1.94 bits per heavy atom. The van der Waals surface area contributed by atoms with Crippen LogP contribution in [-0.4, -0.2) is 81.8 Å². The van der Waals surface area contributed by atoms with Crippen LogP contribution < -0.4 is 10.1 Å². The summed E-state index contributed by atoms with van der Waals surface area (Å²) in [5.41, 5.74) is 0.825. The third kappa shape index (κ3) is 4.76. The van der Waals surface area contributed by atoms with Crippen LogP contribution in [0.15, 0.2) is 24.8 Å². The molecule has 0 spiro atoms. The van der Waals surface area contributed by atoms with Crippen LogP contribution in [0.3, 0.4) is 0 Å². The van der Waals surface area contributed by atoms with E-state index in [1.165, 1.54) is 36.5 Å². The lowest BCUT2D eigenvalue weighted by Crippen LogP contribution is -2.33. The molecule has 3 aromatic rings. The first-order valence-electron chi connectivity index (χ1n) is 9.81. The van der Waals surface area contributed by atoms with Gasteiger partial charge >= 0.3 is 7.82 Å². The van der Waals surface area contributed by atoms with Crippen LogP contribution in [0.2, 0.25) is 0 Å². The number of phenols is 2. The van der Waals surface area contributed by atoms with Gasteiger partial charge in [-0.25, -0.2) is 19.5 Å². The van der Waals surface area contributed by atoms with Crippen LogP contribution in [0.4, 0.5) is 5.82 Å². The van der Waals surface area contributed by atoms with Gasteiger partial charge < -0.3 is 45.0 Å². The van der Waals surface area contributed by atoms with E-state index >= 15 is 0 Å². The van der Waals surface area contributed by atoms with Crippen LogP contribution in [0.1, 0.15) is 11.8 Å². The van der Waals surface area contributed by atoms with Crippen LogP contribution in [0.25, 0.3) is 11.2 Å². The second-order valence-corrected chi connectivity index (χ2v) is 8.63. The Morgan fingerprint density at radius 3 is 2.65 bits per heavy atom. The van der Waals surface area contributed by atoms with Crippen molar-refractivity contribution in [2.75, 3.05) is 19.0 Å². The van der Waals surface area contributed by atoms with Crippen molar-refractivity contribution in [3.8, 4) is 17.2 Å². The number of methoxy groups -OCH3 is 1. The lowest BCUT2D eigenvalue weighted by atomic mass is 10.1. The summed E-state index contributed by atoms with van der Waals surface area (Å²) in [6.45, 7) is -0.608. The Bertz CT molecular complexity index is 1230. The number of phosphoric ester groups is 1. The van der Waals surface area contributed by atoms with Crippen molar-refractivity contribution < 1.29 is 48.8 Å². The molecule has 1 aromatic carbocycles. The number of aliphatic hydroxyl groups is 2. The number of imidazole rings is 1. The van der Waals surface area contributed by atoms with E-state index in [2.05, 4.69) is 24.8 Å². The zero-order chi connectivity index (χ0) is 24.6. The van der Waals surface area contributed by atoms with E-state index < -0.39 is 39.0 Å². The predicted molar refractivity (Wildman–Crippen MR) is 113 cm³/mol. The van der Waals surface area contributed by atoms with Crippen LogP contribution >= 0.6 is 7.82 Å². The number of phenolic OH excluding ortho intramolecular Hbond substituents is 2. The summed E-state index contributed by atoms with van der Waals surface area (Å²) in [4.78, 5) is 30.2. The number of fused-ring (bicyclic) bond motifs is 1. The largest absolute Gasteiger partial charge is 0.508 e. The highest BCUT2D eigenvalue weighted by atomic mass is 31.2. The van der Waals surface area contributed by atoms with Crippen LogP contribution in [0, 0.1) is 0 Å². The molecule has 0 bridgehead atoms. The minimum atomic E-state index is -4.80. The number of phosphoric acid groups is 1. The molecule has 0 saturated carbocycles. The minimum Gasteiger partial charge on any atom is -0.508 e. The highest BCUT2D eigenvalue weighted by Crippen LogP contribution is 2.39. The molecular weight excluding hydrogens is 477 g/mol. The number of hydrogen-bond acceptors (Lipinski definition) is 12. The molecule has 1 fully saturated rings. The molecular formula is C18H22N5O10P. The number of benzene rings is 1. The normalized spacial score (nSPS) is 22.9. The molecule has 1 saturated heterocycles. The standard InChI is InChI=1S/C18H22N5O10P/c1-31-10-3-9(24)2-8(13(10)25)4-19-16-12-17(21-6-20-16)23(7-22-12)18-15(27)14(26)11(33-18)5-32-34(28,29)30/h2-3,6-7,11,14-15,18,24-27H,4-5H2,1H3,(H,19,20,21)(H2,28,29,30)/t11-,14-,15-,18-/m1/s1. The maximum Gasteiger partial charge on any atom is 0.469 e. The predicted octanol–water partition coefficient (Wildman–Crippen LogP) is -0.413. The summed E-state index contributed by atoms with van der Waals surface area (Å²) < 4.78 is 27.2. The van der Waals surface area contributed by atoms with Gasteiger partial charge in [0.25, 0.3) is 0 Å². The van der Waals surface area contributed by atoms with E-state index in [0.717, 1.165) is 0 Å². The second-order valence-electron chi connectivity index (χ2n) is 7.39. The van der Waals surface area contributed by atoms with Gasteiger partial charge in [0.05, 0.1) is 20.0 Å². The first kappa shape index (κ1) is 24.1. The fourth-order valence-electron chi connectivity index (χ4n) is 3.55. The first-order valence-corrected chi connectivity index (χ1v) is 11.3. The number of rotatable bonds is 8. The van der Waals surface area contributed by atoms with Crippen molar-refractivity contribution in [1.82, 2.24) is 19.5 Å². The second kappa shape index (κ2) is 9.31. The Labute approximate surface area is 191 Å². The monoisotopic (exact) mass is 499 g/mol. The maximum absolute atomic E-state index is 10.9. The molecule has 15 nitrogen and oxygen atoms in total. The van der Waals surface area contributed by atoms with Gasteiger partial charge in [-0.3, -0.25) is 9.09 Å². The Morgan fingerprint density at radius 1 is 1.18 bits per heavy atom. The number of hydrogen-bond donors (Lipinski definition) is 7. The molecule has 7 N–H and O–H groups in total. The number of aromatic hydroxyl groups is 2. The molecule has 0 unspecified atom stereocenters. The quantitative estimate of drug-likeness (QED) is 0.155. The molecule has 0 amide bonds. The minimum absolute atomic E-state index is 0.0403. The molecule has 4 atom stereocenters. The highest BCUT2D eigenvalue weighted by molar-refractivity contribution is 7.46. The summed E-state index contributed by atoms with van der Waals surface area (Å²) in [5.74, 6) is 0.0902. The van der Waals surface area contributed by atoms with Crippen molar-refractivity contribution in [3.05, 3.63) is 30.4 Å². The molecule has 2 aromatic heterocycles. The molecule has 1 aliphatic heterocycles.